The zero-order valence-electron chi connectivity index (χ0n) is 49.0. The van der Waals surface area contributed by atoms with Crippen LogP contribution >= 0.6 is 0 Å². The van der Waals surface area contributed by atoms with Crippen molar-refractivity contribution in [2.75, 3.05) is 13.2 Å². The summed E-state index contributed by atoms with van der Waals surface area (Å²) in [6, 6.07) is 76.8. The van der Waals surface area contributed by atoms with Gasteiger partial charge in [-0.05, 0) is 264 Å². The van der Waals surface area contributed by atoms with Gasteiger partial charge in [0.05, 0.1) is 6.61 Å². The van der Waals surface area contributed by atoms with Crippen molar-refractivity contribution in [3.8, 4) is 39.1 Å². The van der Waals surface area contributed by atoms with Gasteiger partial charge in [-0.1, -0.05) is 214 Å². The van der Waals surface area contributed by atoms with Gasteiger partial charge in [0.2, 0.25) is 0 Å². The predicted octanol–water partition coefficient (Wildman–Crippen LogP) is 23.8. The molecule has 1 N–H and O–H groups in total. The summed E-state index contributed by atoms with van der Waals surface area (Å²) in [5, 5.41) is 47.7. The Morgan fingerprint density at radius 3 is 1.38 bits per heavy atom. The van der Waals surface area contributed by atoms with Crippen molar-refractivity contribution >= 4 is 151 Å². The van der Waals surface area contributed by atoms with Crippen LogP contribution in [-0.4, -0.2) is 18.3 Å². The average Bonchev–Trinajstić information content (AvgIpc) is 1.63. The molecular formula is C85H62O2. The molecule has 2 saturated carbocycles. The van der Waals surface area contributed by atoms with Gasteiger partial charge in [0.15, 0.2) is 0 Å². The highest BCUT2D eigenvalue weighted by Crippen LogP contribution is 2.59. The summed E-state index contributed by atoms with van der Waals surface area (Å²) in [4.78, 5) is 0. The minimum atomic E-state index is -0.0249. The molecule has 0 aliphatic heterocycles. The predicted molar refractivity (Wildman–Crippen MR) is 373 cm³/mol. The molecule has 0 saturated heterocycles. The maximum atomic E-state index is 9.79. The summed E-state index contributed by atoms with van der Waals surface area (Å²) >= 11 is 0. The molecule has 2 aliphatic rings. The van der Waals surface area contributed by atoms with Gasteiger partial charge < -0.3 is 9.84 Å². The molecule has 2 nitrogen and oxygen atoms in total. The highest BCUT2D eigenvalue weighted by molar-refractivity contribution is 6.52. The first kappa shape index (κ1) is 48.8. The van der Waals surface area contributed by atoms with Gasteiger partial charge in [0.1, 0.15) is 12.4 Å². The molecule has 2 aliphatic carbocycles. The largest absolute Gasteiger partial charge is 0.491 e. The van der Waals surface area contributed by atoms with Crippen LogP contribution in [0, 0.1) is 6.92 Å². The van der Waals surface area contributed by atoms with E-state index in [0.717, 1.165) is 16.9 Å². The van der Waals surface area contributed by atoms with Crippen LogP contribution in [0.5, 0.6) is 5.75 Å². The van der Waals surface area contributed by atoms with Crippen LogP contribution in [0.25, 0.3) is 184 Å². The van der Waals surface area contributed by atoms with Crippen LogP contribution in [0.2, 0.25) is 0 Å². The van der Waals surface area contributed by atoms with E-state index in [4.69, 9.17) is 4.74 Å². The van der Waals surface area contributed by atoms with Crippen molar-refractivity contribution in [2.24, 2.45) is 0 Å². The van der Waals surface area contributed by atoms with Crippen molar-refractivity contribution < 1.29 is 9.84 Å². The molecule has 0 bridgehead atoms. The molecule has 0 radical (unpaired) electrons. The van der Waals surface area contributed by atoms with Crippen molar-refractivity contribution in [3.63, 3.8) is 0 Å². The first-order valence-corrected chi connectivity index (χ1v) is 32.3. The molecule has 87 heavy (non-hydrogen) atoms. The number of aliphatic hydroxyl groups is 1. The van der Waals surface area contributed by atoms with Crippen molar-refractivity contribution in [1.29, 1.82) is 0 Å². The van der Waals surface area contributed by atoms with E-state index in [2.05, 4.69) is 201 Å². The van der Waals surface area contributed by atoms with Crippen LogP contribution < -0.4 is 4.74 Å². The van der Waals surface area contributed by atoms with Crippen LogP contribution in [0.1, 0.15) is 92.7 Å². The minimum absolute atomic E-state index is 0.0249. The molecule has 0 spiro atoms. The lowest BCUT2D eigenvalue weighted by Crippen LogP contribution is -2.04. The number of hydrogen-bond donors (Lipinski definition) is 1. The normalized spacial score (nSPS) is 15.2. The molecule has 20 rings (SSSR count). The number of hydrogen-bond acceptors (Lipinski definition) is 2. The number of aryl methyl sites for hydroxylation is 1. The van der Waals surface area contributed by atoms with Crippen LogP contribution in [0.3, 0.4) is 0 Å². The van der Waals surface area contributed by atoms with Gasteiger partial charge in [-0.25, -0.2) is 0 Å². The van der Waals surface area contributed by atoms with Crippen molar-refractivity contribution in [1.82, 2.24) is 0 Å². The molecule has 0 atom stereocenters. The fourth-order valence-corrected chi connectivity index (χ4v) is 18.5. The molecule has 0 amide bonds. The van der Waals surface area contributed by atoms with Crippen molar-refractivity contribution in [2.45, 2.75) is 83.0 Å². The first-order valence-electron chi connectivity index (χ1n) is 32.3. The Morgan fingerprint density at radius 2 is 0.759 bits per heavy atom. The lowest BCUT2D eigenvalue weighted by Gasteiger charge is -2.23. The van der Waals surface area contributed by atoms with E-state index in [1.165, 1.54) is 254 Å². The second-order valence-electron chi connectivity index (χ2n) is 26.4. The maximum absolute atomic E-state index is 9.79. The molecule has 0 aromatic heterocycles. The molecule has 414 valence electrons. The van der Waals surface area contributed by atoms with Crippen LogP contribution in [0.15, 0.2) is 194 Å². The summed E-state index contributed by atoms with van der Waals surface area (Å²) in [5.41, 5.74) is 11.8. The first-order chi connectivity index (χ1) is 43.1. The topological polar surface area (TPSA) is 29.5 Å². The lowest BCUT2D eigenvalue weighted by molar-refractivity contribution is 0.201. The summed E-state index contributed by atoms with van der Waals surface area (Å²) in [6.45, 7) is 2.38. The number of ether oxygens (including phenoxy) is 1. The zero-order valence-corrected chi connectivity index (χ0v) is 49.0. The van der Waals surface area contributed by atoms with E-state index < -0.39 is 0 Å². The highest BCUT2D eigenvalue weighted by Gasteiger charge is 2.32. The lowest BCUT2D eigenvalue weighted by atomic mass is 9.81. The monoisotopic (exact) mass is 1110 g/mol. The number of aliphatic hydroxyl groups excluding tert-OH is 1. The highest BCUT2D eigenvalue weighted by atomic mass is 16.5. The zero-order chi connectivity index (χ0) is 56.9. The summed E-state index contributed by atoms with van der Waals surface area (Å²) in [6.07, 6.45) is 12.9. The number of rotatable bonds is 8. The van der Waals surface area contributed by atoms with Gasteiger partial charge in [-0.15, -0.1) is 0 Å². The van der Waals surface area contributed by atoms with Crippen LogP contribution in [-0.2, 0) is 0 Å². The molecule has 2 heteroatoms. The summed E-state index contributed by atoms with van der Waals surface area (Å²) < 4.78 is 6.12. The average molecular weight is 1120 g/mol. The van der Waals surface area contributed by atoms with E-state index in [-0.39, 0.29) is 13.2 Å². The van der Waals surface area contributed by atoms with Gasteiger partial charge in [-0.3, -0.25) is 0 Å². The second-order valence-corrected chi connectivity index (χ2v) is 26.4. The van der Waals surface area contributed by atoms with E-state index in [0.29, 0.717) is 11.8 Å². The van der Waals surface area contributed by atoms with Crippen molar-refractivity contribution in [3.05, 3.63) is 211 Å². The van der Waals surface area contributed by atoms with Gasteiger partial charge in [-0.2, -0.15) is 0 Å². The Hall–Kier alpha value is -9.34. The fourth-order valence-electron chi connectivity index (χ4n) is 18.5. The Kier molecular flexibility index (Phi) is 10.2. The van der Waals surface area contributed by atoms with Gasteiger partial charge in [0.25, 0.3) is 0 Å². The Morgan fingerprint density at radius 1 is 0.322 bits per heavy atom. The molecule has 18 aromatic carbocycles. The van der Waals surface area contributed by atoms with Gasteiger partial charge >= 0.3 is 0 Å². The Balaban J connectivity index is 0.941. The molecule has 18 aromatic rings. The van der Waals surface area contributed by atoms with Gasteiger partial charge in [0, 0.05) is 0 Å². The smallest absolute Gasteiger partial charge is 0.120 e. The van der Waals surface area contributed by atoms with Crippen LogP contribution in [0.4, 0.5) is 0 Å². The van der Waals surface area contributed by atoms with E-state index >= 15 is 0 Å². The summed E-state index contributed by atoms with van der Waals surface area (Å²) in [7, 11) is 0. The Labute approximate surface area is 503 Å². The van der Waals surface area contributed by atoms with E-state index in [9.17, 15) is 5.11 Å². The van der Waals surface area contributed by atoms with E-state index in [1.54, 1.807) is 0 Å². The molecular weight excluding hydrogens is 1050 g/mol. The molecule has 2 fully saturated rings. The quantitative estimate of drug-likeness (QED) is 0.121. The molecule has 0 unspecified atom stereocenters. The third kappa shape index (κ3) is 6.59. The fraction of sp³-hybridized carbons (Fsp3) is 0.176. The number of benzene rings is 14. The summed E-state index contributed by atoms with van der Waals surface area (Å²) in [5.74, 6) is 1.91. The van der Waals surface area contributed by atoms with E-state index in [1.807, 2.05) is 0 Å². The third-order valence-corrected chi connectivity index (χ3v) is 22.0. The SMILES string of the molecule is Cc1cc(OCCO)cc(-c2ccc3c4c(-c5cccc(C6CCCCC6)c5)c5c6ccc7c8ccc9c%10c(ccc(c%11ccc(c5c(-c5cccc(C%12CCCCC%12)c5)c4c4cccc2c43)c6c%117)c8%10)c2cc3cccc4c5ccccc5c(c34)c29)c1. The maximum Gasteiger partial charge on any atom is 0.120 e. The molecule has 0 heterocycles. The second kappa shape index (κ2) is 18.1. The minimum Gasteiger partial charge on any atom is -0.491 e. The number of fused-ring (bicyclic) bond motifs is 15. The third-order valence-electron chi connectivity index (χ3n) is 22.0. The standard InChI is InChI=1S/C85H62O2/c1-46-40-54(44-55(41-46)87-39-38-86)56-28-34-67-75-58(56)26-13-27-66(75)82-73(51-20-10-18-49(42-51)47-14-4-2-5-15-47)84-69-36-32-63-61-29-30-65-71-45-53-22-12-25-59-57-23-8-9-24-60(57)81(72(53)59)80(71)68-35-31-62(76(61)78(65)68)64-33-37-70(79(69)77(63)64)85(84)74(83(67)82)52-21-11-19-50(43-52)48-16-6-3-7-17-48/h8-13,18-37,40-45,47-48,86H,2-7,14-17,38-39H2,1H3. The Bertz CT molecular complexity index is 5720.